The van der Waals surface area contributed by atoms with Crippen LogP contribution in [0.15, 0.2) is 36.5 Å². The Morgan fingerprint density at radius 2 is 2.14 bits per heavy atom. The zero-order valence-electron chi connectivity index (χ0n) is 16.2. The highest BCUT2D eigenvalue weighted by Gasteiger charge is 2.42. The van der Waals surface area contributed by atoms with Crippen molar-refractivity contribution in [2.24, 2.45) is 0 Å². The summed E-state index contributed by atoms with van der Waals surface area (Å²) >= 11 is 0. The normalized spacial score (nSPS) is 17.0. The first-order valence-electron chi connectivity index (χ1n) is 9.99. The molecule has 0 bridgehead atoms. The molecule has 4 rings (SSSR count). The molecule has 0 saturated carbocycles. The van der Waals surface area contributed by atoms with Crippen molar-refractivity contribution in [3.8, 4) is 5.69 Å². The number of nitrogens with one attached hydrogen (secondary N) is 2. The van der Waals surface area contributed by atoms with E-state index in [0.717, 1.165) is 30.6 Å². The molecule has 0 unspecified atom stereocenters. The van der Waals surface area contributed by atoms with Crippen molar-refractivity contribution in [1.82, 2.24) is 14.8 Å². The number of nitrogens with zero attached hydrogens (tertiary/aromatic N) is 2. The van der Waals surface area contributed by atoms with Crippen LogP contribution in [0.2, 0.25) is 0 Å². The number of likely N-dealkylation sites (tertiary alicyclic amines) is 1. The molecule has 1 fully saturated rings. The lowest BCUT2D eigenvalue weighted by molar-refractivity contribution is 0.141. The van der Waals surface area contributed by atoms with Gasteiger partial charge in [0.25, 0.3) is 0 Å². The van der Waals surface area contributed by atoms with E-state index in [1.807, 2.05) is 24.1 Å². The van der Waals surface area contributed by atoms with Gasteiger partial charge in [0.2, 0.25) is 0 Å². The summed E-state index contributed by atoms with van der Waals surface area (Å²) in [5.41, 5.74) is 2.65. The monoisotopic (exact) mass is 386 g/mol. The van der Waals surface area contributed by atoms with Crippen LogP contribution in [0, 0.1) is 5.82 Å². The number of carbonyl (C=O) groups is 1. The molecule has 28 heavy (non-hydrogen) atoms. The number of fused-ring (bicyclic) bond motifs is 4. The molecule has 2 aromatic rings. The fourth-order valence-electron chi connectivity index (χ4n) is 4.22. The summed E-state index contributed by atoms with van der Waals surface area (Å²) in [5.74, 6) is -0.249. The highest BCUT2D eigenvalue weighted by atomic mass is 19.1. The van der Waals surface area contributed by atoms with Gasteiger partial charge in [-0.1, -0.05) is 0 Å². The lowest BCUT2D eigenvalue weighted by Gasteiger charge is -2.46. The van der Waals surface area contributed by atoms with Gasteiger partial charge < -0.3 is 24.8 Å². The Morgan fingerprint density at radius 1 is 1.32 bits per heavy atom. The number of carbonyl (C=O) groups excluding carboxylic acids is 1. The molecule has 6 nitrogen and oxygen atoms in total. The number of anilines is 1. The van der Waals surface area contributed by atoms with Crippen LogP contribution in [-0.4, -0.2) is 48.3 Å². The van der Waals surface area contributed by atoms with Gasteiger partial charge in [0, 0.05) is 44.7 Å². The van der Waals surface area contributed by atoms with Crippen molar-refractivity contribution < 1.29 is 13.9 Å². The minimum Gasteiger partial charge on any atom is -0.382 e. The Hall–Kier alpha value is -2.54. The minimum atomic E-state index is -0.282. The topological polar surface area (TPSA) is 58.5 Å². The first-order valence-corrected chi connectivity index (χ1v) is 9.99. The fourth-order valence-corrected chi connectivity index (χ4v) is 4.22. The summed E-state index contributed by atoms with van der Waals surface area (Å²) < 4.78 is 21.2. The van der Waals surface area contributed by atoms with Crippen molar-refractivity contribution in [1.29, 1.82) is 0 Å². The van der Waals surface area contributed by atoms with Gasteiger partial charge in [-0.25, -0.2) is 9.18 Å². The van der Waals surface area contributed by atoms with E-state index < -0.39 is 0 Å². The molecule has 1 aromatic carbocycles. The zero-order chi connectivity index (χ0) is 19.6. The molecule has 1 aromatic heterocycles. The lowest BCUT2D eigenvalue weighted by Crippen LogP contribution is -2.53. The van der Waals surface area contributed by atoms with Crippen LogP contribution >= 0.6 is 0 Å². The molecule has 1 spiro atoms. The van der Waals surface area contributed by atoms with Gasteiger partial charge in [-0.15, -0.1) is 0 Å². The van der Waals surface area contributed by atoms with Crippen LogP contribution in [0.3, 0.4) is 0 Å². The number of hydrogen-bond donors (Lipinski definition) is 2. The molecule has 2 aliphatic rings. The number of hydrogen-bond acceptors (Lipinski definition) is 3. The number of aromatic nitrogens is 1. The fraction of sp³-hybridized carbons (Fsp3) is 0.476. The van der Waals surface area contributed by atoms with Gasteiger partial charge >= 0.3 is 6.03 Å². The van der Waals surface area contributed by atoms with Crippen LogP contribution in [0.4, 0.5) is 14.9 Å². The third-order valence-electron chi connectivity index (χ3n) is 5.68. The predicted octanol–water partition coefficient (Wildman–Crippen LogP) is 3.47. The highest BCUT2D eigenvalue weighted by Crippen LogP contribution is 2.43. The standard InChI is InChI=1S/C21H27FN4O2/c1-2-28-14-4-10-23-20(27)25-12-8-21(9-13-25)19-5-3-11-26(19)18-7-6-16(22)15-17(18)24-21/h3,5-7,11,15,24H,2,4,8-10,12-14H2,1H3,(H,23,27). The second-order valence-corrected chi connectivity index (χ2v) is 7.40. The maximum Gasteiger partial charge on any atom is 0.317 e. The minimum absolute atomic E-state index is 0.0241. The quantitative estimate of drug-likeness (QED) is 0.774. The van der Waals surface area contributed by atoms with E-state index in [1.54, 1.807) is 12.1 Å². The van der Waals surface area contributed by atoms with Gasteiger partial charge in [0.05, 0.1) is 16.9 Å². The number of benzene rings is 1. The number of ether oxygens (including phenoxy) is 1. The lowest BCUT2D eigenvalue weighted by atomic mass is 9.82. The van der Waals surface area contributed by atoms with Crippen molar-refractivity contribution >= 4 is 11.7 Å². The summed E-state index contributed by atoms with van der Waals surface area (Å²) in [6.45, 7) is 5.25. The first-order chi connectivity index (χ1) is 13.6. The Labute approximate surface area is 164 Å². The molecule has 3 heterocycles. The van der Waals surface area contributed by atoms with Gasteiger partial charge in [0.15, 0.2) is 0 Å². The third-order valence-corrected chi connectivity index (χ3v) is 5.68. The second kappa shape index (κ2) is 7.83. The maximum atomic E-state index is 13.8. The van der Waals surface area contributed by atoms with Crippen LogP contribution in [-0.2, 0) is 10.3 Å². The Kier molecular flexibility index (Phi) is 5.26. The van der Waals surface area contributed by atoms with E-state index in [0.29, 0.717) is 32.8 Å². The van der Waals surface area contributed by atoms with Gasteiger partial charge in [-0.3, -0.25) is 0 Å². The Morgan fingerprint density at radius 3 is 2.93 bits per heavy atom. The number of amides is 2. The molecule has 0 aliphatic carbocycles. The summed E-state index contributed by atoms with van der Waals surface area (Å²) in [6.07, 6.45) is 4.39. The molecule has 0 radical (unpaired) electrons. The molecule has 1 saturated heterocycles. The van der Waals surface area contributed by atoms with E-state index in [9.17, 15) is 9.18 Å². The number of halogens is 1. The van der Waals surface area contributed by atoms with E-state index in [2.05, 4.69) is 21.3 Å². The summed E-state index contributed by atoms with van der Waals surface area (Å²) in [5, 5.41) is 6.56. The smallest absolute Gasteiger partial charge is 0.317 e. The average molecular weight is 386 g/mol. The third kappa shape index (κ3) is 3.46. The summed E-state index contributed by atoms with van der Waals surface area (Å²) in [4.78, 5) is 14.3. The molecular weight excluding hydrogens is 359 g/mol. The van der Waals surface area contributed by atoms with Gasteiger partial charge in [-0.2, -0.15) is 0 Å². The largest absolute Gasteiger partial charge is 0.382 e. The molecule has 2 N–H and O–H groups in total. The summed E-state index contributed by atoms with van der Waals surface area (Å²) in [6, 6.07) is 8.96. The predicted molar refractivity (Wildman–Crippen MR) is 106 cm³/mol. The number of piperidine rings is 1. The van der Waals surface area contributed by atoms with Crippen LogP contribution in [0.1, 0.15) is 31.9 Å². The molecule has 7 heteroatoms. The first kappa shape index (κ1) is 18.8. The average Bonchev–Trinajstić information content (AvgIpc) is 3.19. The SMILES string of the molecule is CCOCCCNC(=O)N1CCC2(CC1)Nc1cc(F)ccc1-n1cccc12. The number of urea groups is 1. The molecule has 150 valence electrons. The van der Waals surface area contributed by atoms with E-state index in [1.165, 1.54) is 11.8 Å². The second-order valence-electron chi connectivity index (χ2n) is 7.40. The van der Waals surface area contributed by atoms with Crippen LogP contribution in [0.25, 0.3) is 5.69 Å². The highest BCUT2D eigenvalue weighted by molar-refractivity contribution is 5.74. The number of rotatable bonds is 5. The summed E-state index contributed by atoms with van der Waals surface area (Å²) in [7, 11) is 0. The Balaban J connectivity index is 1.42. The Bertz CT molecular complexity index is 843. The van der Waals surface area contributed by atoms with Crippen molar-refractivity contribution in [3.05, 3.63) is 48.0 Å². The molecule has 0 atom stereocenters. The van der Waals surface area contributed by atoms with Gasteiger partial charge in [0.1, 0.15) is 5.82 Å². The van der Waals surface area contributed by atoms with Crippen molar-refractivity contribution in [3.63, 3.8) is 0 Å². The van der Waals surface area contributed by atoms with Crippen molar-refractivity contribution in [2.75, 3.05) is 38.2 Å². The van der Waals surface area contributed by atoms with Crippen LogP contribution in [0.5, 0.6) is 0 Å². The van der Waals surface area contributed by atoms with E-state index >= 15 is 0 Å². The van der Waals surface area contributed by atoms with Crippen molar-refractivity contribution in [2.45, 2.75) is 31.7 Å². The molecular formula is C21H27FN4O2. The molecule has 2 aliphatic heterocycles. The van der Waals surface area contributed by atoms with E-state index in [4.69, 9.17) is 4.74 Å². The zero-order valence-corrected chi connectivity index (χ0v) is 16.2. The van der Waals surface area contributed by atoms with Gasteiger partial charge in [-0.05, 0) is 56.5 Å². The maximum absolute atomic E-state index is 13.8. The van der Waals surface area contributed by atoms with E-state index in [-0.39, 0.29) is 17.4 Å². The van der Waals surface area contributed by atoms with Crippen LogP contribution < -0.4 is 10.6 Å². The molecule has 2 amide bonds.